The van der Waals surface area contributed by atoms with E-state index >= 15 is 0 Å². The maximum absolute atomic E-state index is 12.1. The fourth-order valence-electron chi connectivity index (χ4n) is 3.25. The lowest BCUT2D eigenvalue weighted by Gasteiger charge is -2.26. The second kappa shape index (κ2) is 7.25. The average Bonchev–Trinajstić information content (AvgIpc) is 2.89. The molecule has 0 aromatic rings. The fraction of sp³-hybridized carbons (Fsp3) is 0.933. The number of hydrogen-bond donors (Lipinski definition) is 2. The van der Waals surface area contributed by atoms with Crippen molar-refractivity contribution in [1.82, 2.24) is 10.6 Å². The molecule has 2 fully saturated rings. The molecule has 2 unspecified atom stereocenters. The first-order valence-corrected chi connectivity index (χ1v) is 7.73. The van der Waals surface area contributed by atoms with Crippen molar-refractivity contribution < 1.29 is 9.53 Å². The van der Waals surface area contributed by atoms with Gasteiger partial charge in [-0.15, -0.1) is 0 Å². The molecule has 1 aliphatic carbocycles. The van der Waals surface area contributed by atoms with Crippen LogP contribution in [-0.4, -0.2) is 38.8 Å². The minimum atomic E-state index is -0.0172. The van der Waals surface area contributed by atoms with Gasteiger partial charge >= 0.3 is 0 Å². The number of amides is 1. The SMILES string of the molecule is CNC1COCC1C(=O)NCCC1CCC(C)CC1. The maximum atomic E-state index is 12.1. The number of likely N-dealkylation sites (N-methyl/N-ethyl adjacent to an activating group) is 1. The number of ether oxygens (including phenoxy) is 1. The Hall–Kier alpha value is -0.610. The molecule has 0 aromatic carbocycles. The third-order valence-corrected chi connectivity index (χ3v) is 4.78. The lowest BCUT2D eigenvalue weighted by atomic mass is 9.81. The molecule has 0 spiro atoms. The standard InChI is InChI=1S/C15H28N2O2/c1-11-3-5-12(6-4-11)7-8-17-15(18)13-9-19-10-14(13)16-2/h11-14,16H,3-10H2,1-2H3,(H,17,18). The van der Waals surface area contributed by atoms with Crippen LogP contribution in [0.3, 0.4) is 0 Å². The highest BCUT2D eigenvalue weighted by molar-refractivity contribution is 5.79. The minimum Gasteiger partial charge on any atom is -0.379 e. The van der Waals surface area contributed by atoms with Crippen molar-refractivity contribution in [2.24, 2.45) is 17.8 Å². The van der Waals surface area contributed by atoms with Gasteiger partial charge < -0.3 is 15.4 Å². The van der Waals surface area contributed by atoms with Crippen molar-refractivity contribution in [3.63, 3.8) is 0 Å². The number of rotatable bonds is 5. The predicted molar refractivity (Wildman–Crippen MR) is 75.9 cm³/mol. The first-order chi connectivity index (χ1) is 9.20. The van der Waals surface area contributed by atoms with E-state index in [0.717, 1.165) is 24.8 Å². The lowest BCUT2D eigenvalue weighted by Crippen LogP contribution is -2.43. The maximum Gasteiger partial charge on any atom is 0.227 e. The largest absolute Gasteiger partial charge is 0.379 e. The molecule has 1 saturated carbocycles. The van der Waals surface area contributed by atoms with Gasteiger partial charge in [0.2, 0.25) is 5.91 Å². The fourth-order valence-corrected chi connectivity index (χ4v) is 3.25. The summed E-state index contributed by atoms with van der Waals surface area (Å²) < 4.78 is 5.37. The topological polar surface area (TPSA) is 50.4 Å². The van der Waals surface area contributed by atoms with E-state index < -0.39 is 0 Å². The van der Waals surface area contributed by atoms with Gasteiger partial charge in [-0.25, -0.2) is 0 Å². The molecular weight excluding hydrogens is 240 g/mol. The van der Waals surface area contributed by atoms with Crippen LogP contribution in [-0.2, 0) is 9.53 Å². The van der Waals surface area contributed by atoms with Crippen LogP contribution in [0.25, 0.3) is 0 Å². The van der Waals surface area contributed by atoms with E-state index in [1.807, 2.05) is 7.05 Å². The Balaban J connectivity index is 1.64. The molecule has 4 heteroatoms. The Labute approximate surface area is 116 Å². The lowest BCUT2D eigenvalue weighted by molar-refractivity contribution is -0.125. The van der Waals surface area contributed by atoms with Gasteiger partial charge in [0, 0.05) is 12.6 Å². The summed E-state index contributed by atoms with van der Waals surface area (Å²) >= 11 is 0. The zero-order valence-corrected chi connectivity index (χ0v) is 12.3. The normalized spacial score (nSPS) is 35.3. The van der Waals surface area contributed by atoms with Gasteiger partial charge in [0.25, 0.3) is 0 Å². The van der Waals surface area contributed by atoms with Crippen LogP contribution in [0.1, 0.15) is 39.0 Å². The van der Waals surface area contributed by atoms with Gasteiger partial charge in [-0.05, 0) is 25.3 Å². The Morgan fingerprint density at radius 3 is 2.63 bits per heavy atom. The van der Waals surface area contributed by atoms with Crippen LogP contribution in [0.5, 0.6) is 0 Å². The van der Waals surface area contributed by atoms with Crippen molar-refractivity contribution in [2.75, 3.05) is 26.8 Å². The van der Waals surface area contributed by atoms with Crippen LogP contribution in [0.15, 0.2) is 0 Å². The van der Waals surface area contributed by atoms with Gasteiger partial charge in [0.05, 0.1) is 19.1 Å². The molecule has 2 atom stereocenters. The van der Waals surface area contributed by atoms with Crippen molar-refractivity contribution in [2.45, 2.75) is 45.1 Å². The van der Waals surface area contributed by atoms with E-state index in [9.17, 15) is 4.79 Å². The van der Waals surface area contributed by atoms with Crippen LogP contribution in [0.4, 0.5) is 0 Å². The third-order valence-electron chi connectivity index (χ3n) is 4.78. The molecule has 2 rings (SSSR count). The predicted octanol–water partition coefficient (Wildman–Crippen LogP) is 1.55. The van der Waals surface area contributed by atoms with Gasteiger partial charge in [0.1, 0.15) is 0 Å². The molecule has 1 heterocycles. The average molecular weight is 268 g/mol. The van der Waals surface area contributed by atoms with Crippen LogP contribution >= 0.6 is 0 Å². The number of carbonyl (C=O) groups is 1. The summed E-state index contributed by atoms with van der Waals surface area (Å²) in [5, 5.41) is 6.24. The Bertz CT molecular complexity index is 288. The third kappa shape index (κ3) is 4.18. The Morgan fingerprint density at radius 2 is 1.95 bits per heavy atom. The Kier molecular flexibility index (Phi) is 5.64. The van der Waals surface area contributed by atoms with Gasteiger partial charge in [-0.2, -0.15) is 0 Å². The second-order valence-corrected chi connectivity index (χ2v) is 6.24. The second-order valence-electron chi connectivity index (χ2n) is 6.24. The van der Waals surface area contributed by atoms with Gasteiger partial charge in [-0.1, -0.05) is 32.6 Å². The van der Waals surface area contributed by atoms with Crippen LogP contribution in [0, 0.1) is 17.8 Å². The molecule has 1 aliphatic heterocycles. The van der Waals surface area contributed by atoms with E-state index in [2.05, 4.69) is 17.6 Å². The zero-order chi connectivity index (χ0) is 13.7. The number of carbonyl (C=O) groups excluding carboxylic acids is 1. The zero-order valence-electron chi connectivity index (χ0n) is 12.3. The molecule has 19 heavy (non-hydrogen) atoms. The highest BCUT2D eigenvalue weighted by Crippen LogP contribution is 2.29. The van der Waals surface area contributed by atoms with Crippen LogP contribution < -0.4 is 10.6 Å². The summed E-state index contributed by atoms with van der Waals surface area (Å²) in [6.45, 7) is 4.37. The van der Waals surface area contributed by atoms with Crippen molar-refractivity contribution in [3.05, 3.63) is 0 Å². The van der Waals surface area contributed by atoms with E-state index in [-0.39, 0.29) is 17.9 Å². The monoisotopic (exact) mass is 268 g/mol. The molecule has 110 valence electrons. The highest BCUT2D eigenvalue weighted by atomic mass is 16.5. The van der Waals surface area contributed by atoms with Crippen molar-refractivity contribution in [1.29, 1.82) is 0 Å². The van der Waals surface area contributed by atoms with E-state index in [4.69, 9.17) is 4.74 Å². The molecule has 0 bridgehead atoms. The van der Waals surface area contributed by atoms with Gasteiger partial charge in [0.15, 0.2) is 0 Å². The smallest absolute Gasteiger partial charge is 0.227 e. The summed E-state index contributed by atoms with van der Waals surface area (Å²) in [7, 11) is 1.89. The summed E-state index contributed by atoms with van der Waals surface area (Å²) in [5.74, 6) is 1.85. The van der Waals surface area contributed by atoms with E-state index in [1.165, 1.54) is 25.7 Å². The van der Waals surface area contributed by atoms with E-state index in [0.29, 0.717) is 13.2 Å². The van der Waals surface area contributed by atoms with Gasteiger partial charge in [-0.3, -0.25) is 4.79 Å². The molecular formula is C15H28N2O2. The summed E-state index contributed by atoms with van der Waals surface area (Å²) in [6.07, 6.45) is 6.52. The van der Waals surface area contributed by atoms with Crippen molar-refractivity contribution >= 4 is 5.91 Å². The number of nitrogens with one attached hydrogen (secondary N) is 2. The number of hydrogen-bond acceptors (Lipinski definition) is 3. The first-order valence-electron chi connectivity index (χ1n) is 7.73. The molecule has 0 aromatic heterocycles. The van der Waals surface area contributed by atoms with Crippen LogP contribution in [0.2, 0.25) is 0 Å². The summed E-state index contributed by atoms with van der Waals surface area (Å²) in [5.41, 5.74) is 0. The molecule has 0 radical (unpaired) electrons. The minimum absolute atomic E-state index is 0.0172. The molecule has 1 saturated heterocycles. The first kappa shape index (κ1) is 14.8. The molecule has 2 N–H and O–H groups in total. The molecule has 1 amide bonds. The van der Waals surface area contributed by atoms with E-state index in [1.54, 1.807) is 0 Å². The summed E-state index contributed by atoms with van der Waals surface area (Å²) in [4.78, 5) is 12.1. The highest BCUT2D eigenvalue weighted by Gasteiger charge is 2.32. The quantitative estimate of drug-likeness (QED) is 0.795. The Morgan fingerprint density at radius 1 is 1.21 bits per heavy atom. The van der Waals surface area contributed by atoms with Crippen molar-refractivity contribution in [3.8, 4) is 0 Å². The molecule has 2 aliphatic rings. The summed E-state index contributed by atoms with van der Waals surface area (Å²) in [6, 6.07) is 0.176. The molecule has 4 nitrogen and oxygen atoms in total.